The zero-order chi connectivity index (χ0) is 13.2. The quantitative estimate of drug-likeness (QED) is 0.875. The predicted molar refractivity (Wildman–Crippen MR) is 62.6 cm³/mol. The molecule has 0 saturated carbocycles. The van der Waals surface area contributed by atoms with Gasteiger partial charge in [0.05, 0.1) is 0 Å². The lowest BCUT2D eigenvalue weighted by atomic mass is 10.3. The van der Waals surface area contributed by atoms with Crippen molar-refractivity contribution in [1.29, 1.82) is 0 Å². The first kappa shape index (κ1) is 13.4. The van der Waals surface area contributed by atoms with Crippen LogP contribution in [0.15, 0.2) is 23.1 Å². The molecule has 1 fully saturated rings. The van der Waals surface area contributed by atoms with Gasteiger partial charge < -0.3 is 5.32 Å². The molecule has 1 aromatic carbocycles. The van der Waals surface area contributed by atoms with E-state index in [1.807, 2.05) is 0 Å². The van der Waals surface area contributed by atoms with Crippen LogP contribution in [0.4, 0.5) is 8.78 Å². The number of hydrogen-bond donors (Lipinski definition) is 1. The molecule has 0 radical (unpaired) electrons. The highest BCUT2D eigenvalue weighted by Gasteiger charge is 2.27. The summed E-state index contributed by atoms with van der Waals surface area (Å²) in [4.78, 5) is -0.467. The van der Waals surface area contributed by atoms with E-state index >= 15 is 0 Å². The minimum Gasteiger partial charge on any atom is -0.315 e. The molecule has 1 saturated heterocycles. The van der Waals surface area contributed by atoms with Gasteiger partial charge in [0.15, 0.2) is 0 Å². The van der Waals surface area contributed by atoms with Crippen molar-refractivity contribution < 1.29 is 17.2 Å². The van der Waals surface area contributed by atoms with Crippen LogP contribution in [0.3, 0.4) is 0 Å². The molecule has 0 atom stereocenters. The molecular weight excluding hydrogens is 262 g/mol. The van der Waals surface area contributed by atoms with E-state index in [-0.39, 0.29) is 0 Å². The van der Waals surface area contributed by atoms with E-state index in [0.29, 0.717) is 32.1 Å². The molecule has 1 N–H and O–H groups in total. The first-order valence-corrected chi connectivity index (χ1v) is 7.12. The third-order valence-corrected chi connectivity index (χ3v) is 4.74. The number of nitrogens with zero attached hydrogens (tertiary/aromatic N) is 1. The Kier molecular flexibility index (Phi) is 3.94. The molecule has 18 heavy (non-hydrogen) atoms. The fourth-order valence-corrected chi connectivity index (χ4v) is 3.41. The van der Waals surface area contributed by atoms with Crippen LogP contribution in [0, 0.1) is 11.6 Å². The molecule has 7 heteroatoms. The van der Waals surface area contributed by atoms with E-state index in [1.54, 1.807) is 0 Å². The summed E-state index contributed by atoms with van der Waals surface area (Å²) in [5.41, 5.74) is 0. The highest BCUT2D eigenvalue weighted by Crippen LogP contribution is 2.20. The number of sulfonamides is 1. The Bertz CT molecular complexity index is 526. The molecule has 1 aromatic rings. The number of benzene rings is 1. The van der Waals surface area contributed by atoms with Crippen molar-refractivity contribution in [2.75, 3.05) is 26.2 Å². The van der Waals surface area contributed by atoms with Gasteiger partial charge in [-0.25, -0.2) is 17.2 Å². The van der Waals surface area contributed by atoms with Crippen molar-refractivity contribution in [2.24, 2.45) is 0 Å². The smallest absolute Gasteiger partial charge is 0.246 e. The van der Waals surface area contributed by atoms with E-state index in [0.717, 1.165) is 18.7 Å². The standard InChI is InChI=1S/C11H14F2N2O2S/c12-9-2-3-11(10(13)8-9)18(16,17)15-6-1-4-14-5-7-15/h2-3,8,14H,1,4-7H2. The molecule has 0 spiro atoms. The highest BCUT2D eigenvalue weighted by molar-refractivity contribution is 7.89. The minimum absolute atomic E-state index is 0.291. The molecule has 2 rings (SSSR count). The van der Waals surface area contributed by atoms with Crippen LogP contribution in [-0.2, 0) is 10.0 Å². The summed E-state index contributed by atoms with van der Waals surface area (Å²) >= 11 is 0. The zero-order valence-electron chi connectivity index (χ0n) is 9.70. The number of hydrogen-bond acceptors (Lipinski definition) is 3. The molecule has 0 aromatic heterocycles. The van der Waals surface area contributed by atoms with E-state index in [9.17, 15) is 17.2 Å². The molecule has 0 bridgehead atoms. The van der Waals surface area contributed by atoms with Crippen molar-refractivity contribution >= 4 is 10.0 Å². The average Bonchev–Trinajstić information content (AvgIpc) is 2.57. The van der Waals surface area contributed by atoms with Gasteiger partial charge in [0.2, 0.25) is 10.0 Å². The normalized spacial score (nSPS) is 18.6. The second-order valence-electron chi connectivity index (χ2n) is 4.08. The van der Waals surface area contributed by atoms with Gasteiger partial charge in [-0.05, 0) is 25.1 Å². The van der Waals surface area contributed by atoms with Crippen molar-refractivity contribution in [3.05, 3.63) is 29.8 Å². The second-order valence-corrected chi connectivity index (χ2v) is 5.99. The van der Waals surface area contributed by atoms with Crippen molar-refractivity contribution in [3.63, 3.8) is 0 Å². The first-order valence-electron chi connectivity index (χ1n) is 5.68. The fourth-order valence-electron chi connectivity index (χ4n) is 1.88. The zero-order valence-corrected chi connectivity index (χ0v) is 10.5. The van der Waals surface area contributed by atoms with Crippen LogP contribution in [0.25, 0.3) is 0 Å². The summed E-state index contributed by atoms with van der Waals surface area (Å²) in [6.45, 7) is 1.89. The van der Waals surface area contributed by atoms with Gasteiger partial charge >= 0.3 is 0 Å². The topological polar surface area (TPSA) is 49.4 Å². The van der Waals surface area contributed by atoms with E-state index in [1.165, 1.54) is 4.31 Å². The molecule has 4 nitrogen and oxygen atoms in total. The molecule has 0 aliphatic carbocycles. The predicted octanol–water partition coefficient (Wildman–Crippen LogP) is 0.949. The molecule has 1 aliphatic rings. The highest BCUT2D eigenvalue weighted by atomic mass is 32.2. The van der Waals surface area contributed by atoms with Gasteiger partial charge in [-0.3, -0.25) is 0 Å². The van der Waals surface area contributed by atoms with Crippen LogP contribution < -0.4 is 5.32 Å². The largest absolute Gasteiger partial charge is 0.315 e. The van der Waals surface area contributed by atoms with Crippen molar-refractivity contribution in [2.45, 2.75) is 11.3 Å². The van der Waals surface area contributed by atoms with Crippen LogP contribution in [0.1, 0.15) is 6.42 Å². The molecule has 1 heterocycles. The Morgan fingerprint density at radius 3 is 2.67 bits per heavy atom. The van der Waals surface area contributed by atoms with Crippen molar-refractivity contribution in [3.8, 4) is 0 Å². The van der Waals surface area contributed by atoms with Gasteiger partial charge in [-0.1, -0.05) is 0 Å². The van der Waals surface area contributed by atoms with Gasteiger partial charge in [-0.2, -0.15) is 4.31 Å². The molecule has 1 aliphatic heterocycles. The van der Waals surface area contributed by atoms with E-state index < -0.39 is 26.6 Å². The molecular formula is C11H14F2N2O2S. The Balaban J connectivity index is 2.34. The van der Waals surface area contributed by atoms with Crippen LogP contribution >= 0.6 is 0 Å². The monoisotopic (exact) mass is 276 g/mol. The first-order chi connectivity index (χ1) is 8.51. The summed E-state index contributed by atoms with van der Waals surface area (Å²) < 4.78 is 52.0. The Morgan fingerprint density at radius 1 is 1.17 bits per heavy atom. The summed E-state index contributed by atoms with van der Waals surface area (Å²) in [5, 5.41) is 3.06. The summed E-state index contributed by atoms with van der Waals surface area (Å²) in [6.07, 6.45) is 0.669. The SMILES string of the molecule is O=S(=O)(c1ccc(F)cc1F)N1CCCNCC1. The lowest BCUT2D eigenvalue weighted by molar-refractivity contribution is 0.427. The Labute approximate surface area is 105 Å². The van der Waals surface area contributed by atoms with Crippen LogP contribution in [0.2, 0.25) is 0 Å². The fraction of sp³-hybridized carbons (Fsp3) is 0.455. The average molecular weight is 276 g/mol. The molecule has 0 unspecified atom stereocenters. The van der Waals surface area contributed by atoms with Crippen LogP contribution in [-0.4, -0.2) is 38.9 Å². The number of nitrogens with one attached hydrogen (secondary N) is 1. The minimum atomic E-state index is -3.88. The second kappa shape index (κ2) is 5.29. The number of halogens is 2. The maximum atomic E-state index is 13.5. The number of rotatable bonds is 2. The summed E-state index contributed by atoms with van der Waals surface area (Å²) in [5.74, 6) is -1.84. The van der Waals surface area contributed by atoms with Gasteiger partial charge in [-0.15, -0.1) is 0 Å². The molecule has 0 amide bonds. The van der Waals surface area contributed by atoms with E-state index in [2.05, 4.69) is 5.32 Å². The summed E-state index contributed by atoms with van der Waals surface area (Å²) in [7, 11) is -3.88. The van der Waals surface area contributed by atoms with Crippen LogP contribution in [0.5, 0.6) is 0 Å². The van der Waals surface area contributed by atoms with Gasteiger partial charge in [0.1, 0.15) is 16.5 Å². The third kappa shape index (κ3) is 2.68. The maximum Gasteiger partial charge on any atom is 0.246 e. The summed E-state index contributed by atoms with van der Waals surface area (Å²) in [6, 6.07) is 2.51. The van der Waals surface area contributed by atoms with Gasteiger partial charge in [0, 0.05) is 25.7 Å². The lowest BCUT2D eigenvalue weighted by Crippen LogP contribution is -2.34. The van der Waals surface area contributed by atoms with E-state index in [4.69, 9.17) is 0 Å². The van der Waals surface area contributed by atoms with Crippen molar-refractivity contribution in [1.82, 2.24) is 9.62 Å². The van der Waals surface area contributed by atoms with Gasteiger partial charge in [0.25, 0.3) is 0 Å². The third-order valence-electron chi connectivity index (χ3n) is 2.81. The molecule has 100 valence electrons. The Hall–Kier alpha value is -1.05. The maximum absolute atomic E-state index is 13.5. The Morgan fingerprint density at radius 2 is 1.94 bits per heavy atom. The lowest BCUT2D eigenvalue weighted by Gasteiger charge is -2.19.